The molecule has 0 aliphatic carbocycles. The molecular formula is C13H9Cl2NO4. The highest BCUT2D eigenvalue weighted by molar-refractivity contribution is 6.38. The third kappa shape index (κ3) is 2.64. The molecule has 0 saturated carbocycles. The van der Waals surface area contributed by atoms with Gasteiger partial charge < -0.3 is 14.8 Å². The van der Waals surface area contributed by atoms with Gasteiger partial charge in [0.05, 0.1) is 22.0 Å². The van der Waals surface area contributed by atoms with Crippen molar-refractivity contribution in [2.24, 2.45) is 0 Å². The molecule has 5 nitrogen and oxygen atoms in total. The Morgan fingerprint density at radius 2 is 1.85 bits per heavy atom. The molecule has 0 fully saturated rings. The highest BCUT2D eigenvalue weighted by Crippen LogP contribution is 2.32. The summed E-state index contributed by atoms with van der Waals surface area (Å²) in [6, 6.07) is 4.37. The van der Waals surface area contributed by atoms with Crippen LogP contribution in [0.5, 0.6) is 0 Å². The van der Waals surface area contributed by atoms with Crippen molar-refractivity contribution in [3.8, 4) is 0 Å². The van der Waals surface area contributed by atoms with Crippen LogP contribution in [0, 0.1) is 6.92 Å². The molecule has 0 aliphatic heterocycles. The molecule has 0 saturated heterocycles. The van der Waals surface area contributed by atoms with Crippen molar-refractivity contribution in [1.82, 2.24) is 0 Å². The number of hydrogen-bond acceptors (Lipinski definition) is 3. The lowest BCUT2D eigenvalue weighted by Gasteiger charge is -2.11. The van der Waals surface area contributed by atoms with Crippen LogP contribution in [-0.4, -0.2) is 17.0 Å². The summed E-state index contributed by atoms with van der Waals surface area (Å²) in [6.07, 6.45) is 1.36. The van der Waals surface area contributed by atoms with Gasteiger partial charge in [-0.2, -0.15) is 0 Å². The Balaban J connectivity index is 2.44. The fourth-order valence-electron chi connectivity index (χ4n) is 1.66. The first kappa shape index (κ1) is 14.4. The van der Waals surface area contributed by atoms with Gasteiger partial charge in [-0.05, 0) is 25.1 Å². The second kappa shape index (κ2) is 5.56. The fraction of sp³-hybridized carbons (Fsp3) is 0.0769. The van der Waals surface area contributed by atoms with Crippen molar-refractivity contribution in [2.75, 3.05) is 5.32 Å². The Kier molecular flexibility index (Phi) is 4.01. The Labute approximate surface area is 124 Å². The van der Waals surface area contributed by atoms with E-state index >= 15 is 0 Å². The van der Waals surface area contributed by atoms with Crippen molar-refractivity contribution in [1.29, 1.82) is 0 Å². The van der Waals surface area contributed by atoms with Crippen LogP contribution in [0.2, 0.25) is 10.0 Å². The van der Waals surface area contributed by atoms with Crippen molar-refractivity contribution < 1.29 is 19.1 Å². The second-order valence-electron chi connectivity index (χ2n) is 3.97. The quantitative estimate of drug-likeness (QED) is 0.902. The maximum Gasteiger partial charge on any atom is 0.339 e. The molecule has 104 valence electrons. The molecule has 0 spiro atoms. The van der Waals surface area contributed by atoms with E-state index in [1.165, 1.54) is 18.4 Å². The molecule has 7 heteroatoms. The van der Waals surface area contributed by atoms with Gasteiger partial charge in [-0.3, -0.25) is 4.79 Å². The smallest absolute Gasteiger partial charge is 0.339 e. The standard InChI is InChI=1S/C13H9Cl2NO4/c1-6-4-5-20-11(6)12(17)16-10-8(15)3-2-7(14)9(10)13(18)19/h2-5H,1H3,(H,16,17)(H,18,19). The van der Waals surface area contributed by atoms with Crippen LogP contribution in [0.1, 0.15) is 26.5 Å². The predicted octanol–water partition coefficient (Wildman–Crippen LogP) is 3.85. The predicted molar refractivity (Wildman–Crippen MR) is 74.8 cm³/mol. The second-order valence-corrected chi connectivity index (χ2v) is 4.79. The number of rotatable bonds is 3. The number of benzene rings is 1. The summed E-state index contributed by atoms with van der Waals surface area (Å²) in [6.45, 7) is 1.69. The summed E-state index contributed by atoms with van der Waals surface area (Å²) in [5, 5.41) is 11.6. The van der Waals surface area contributed by atoms with Crippen molar-refractivity contribution >= 4 is 40.8 Å². The largest absolute Gasteiger partial charge is 0.478 e. The van der Waals surface area contributed by atoms with Crippen LogP contribution >= 0.6 is 23.2 Å². The molecule has 0 unspecified atom stereocenters. The molecule has 2 N–H and O–H groups in total. The van der Waals surface area contributed by atoms with Gasteiger partial charge in [0.15, 0.2) is 5.76 Å². The molecule has 2 rings (SSSR count). The van der Waals surface area contributed by atoms with E-state index in [1.54, 1.807) is 13.0 Å². The Morgan fingerprint density at radius 1 is 1.20 bits per heavy atom. The normalized spacial score (nSPS) is 10.3. The number of furan rings is 1. The van der Waals surface area contributed by atoms with Crippen LogP contribution in [-0.2, 0) is 0 Å². The number of carbonyl (C=O) groups excluding carboxylic acids is 1. The summed E-state index contributed by atoms with van der Waals surface area (Å²) in [5.74, 6) is -1.81. The number of nitrogens with one attached hydrogen (secondary N) is 1. The molecule has 1 aromatic carbocycles. The minimum atomic E-state index is -1.29. The van der Waals surface area contributed by atoms with Crippen LogP contribution < -0.4 is 5.32 Å². The Hall–Kier alpha value is -1.98. The van der Waals surface area contributed by atoms with Crippen LogP contribution in [0.15, 0.2) is 28.9 Å². The lowest BCUT2D eigenvalue weighted by Crippen LogP contribution is -2.15. The zero-order valence-electron chi connectivity index (χ0n) is 10.2. The SMILES string of the molecule is Cc1ccoc1C(=O)Nc1c(Cl)ccc(Cl)c1C(=O)O. The monoisotopic (exact) mass is 313 g/mol. The zero-order valence-corrected chi connectivity index (χ0v) is 11.7. The van der Waals surface area contributed by atoms with Crippen LogP contribution in [0.4, 0.5) is 5.69 Å². The number of carboxylic acids is 1. The van der Waals surface area contributed by atoms with Crippen LogP contribution in [0.3, 0.4) is 0 Å². The molecular weight excluding hydrogens is 305 g/mol. The number of halogens is 2. The average Bonchev–Trinajstić information content (AvgIpc) is 2.79. The third-order valence-corrected chi connectivity index (χ3v) is 3.25. The summed E-state index contributed by atoms with van der Waals surface area (Å²) < 4.78 is 5.03. The van der Waals surface area contributed by atoms with Gasteiger partial charge in [-0.15, -0.1) is 0 Å². The zero-order chi connectivity index (χ0) is 14.9. The number of carbonyl (C=O) groups is 2. The molecule has 20 heavy (non-hydrogen) atoms. The molecule has 0 radical (unpaired) electrons. The van der Waals surface area contributed by atoms with Gasteiger partial charge in [-0.25, -0.2) is 4.79 Å². The first-order chi connectivity index (χ1) is 9.41. The van der Waals surface area contributed by atoms with Crippen LogP contribution in [0.25, 0.3) is 0 Å². The average molecular weight is 314 g/mol. The summed E-state index contributed by atoms with van der Waals surface area (Å²) >= 11 is 11.7. The first-order valence-corrected chi connectivity index (χ1v) is 6.24. The first-order valence-electron chi connectivity index (χ1n) is 5.48. The third-order valence-electron chi connectivity index (χ3n) is 2.62. The Morgan fingerprint density at radius 3 is 2.40 bits per heavy atom. The van der Waals surface area contributed by atoms with Gasteiger partial charge in [0.1, 0.15) is 5.56 Å². The molecule has 0 aliphatic rings. The summed E-state index contributed by atoms with van der Waals surface area (Å²) in [7, 11) is 0. The highest BCUT2D eigenvalue weighted by atomic mass is 35.5. The van der Waals surface area contributed by atoms with Gasteiger partial charge in [-0.1, -0.05) is 23.2 Å². The number of aromatic carboxylic acids is 1. The lowest BCUT2D eigenvalue weighted by molar-refractivity contribution is 0.0698. The molecule has 0 atom stereocenters. The number of anilines is 1. The van der Waals surface area contributed by atoms with E-state index < -0.39 is 11.9 Å². The number of amides is 1. The molecule has 0 bridgehead atoms. The van der Waals surface area contributed by atoms with Gasteiger partial charge >= 0.3 is 5.97 Å². The summed E-state index contributed by atoms with van der Waals surface area (Å²) in [4.78, 5) is 23.2. The highest BCUT2D eigenvalue weighted by Gasteiger charge is 2.21. The molecule has 1 heterocycles. The van der Waals surface area contributed by atoms with Gasteiger partial charge in [0.2, 0.25) is 0 Å². The van der Waals surface area contributed by atoms with Gasteiger partial charge in [0, 0.05) is 5.56 Å². The minimum Gasteiger partial charge on any atom is -0.478 e. The van der Waals surface area contributed by atoms with E-state index in [1.807, 2.05) is 0 Å². The maximum atomic E-state index is 12.0. The van der Waals surface area contributed by atoms with E-state index in [-0.39, 0.29) is 27.1 Å². The topological polar surface area (TPSA) is 79.5 Å². The van der Waals surface area contributed by atoms with Crippen molar-refractivity contribution in [3.05, 3.63) is 51.4 Å². The fourth-order valence-corrected chi connectivity index (χ4v) is 2.10. The van der Waals surface area contributed by atoms with Crippen molar-refractivity contribution in [2.45, 2.75) is 6.92 Å². The van der Waals surface area contributed by atoms with Gasteiger partial charge in [0.25, 0.3) is 5.91 Å². The summed E-state index contributed by atoms with van der Waals surface area (Å²) in [5.41, 5.74) is 0.293. The molecule has 1 amide bonds. The molecule has 1 aromatic heterocycles. The van der Waals surface area contributed by atoms with Crippen molar-refractivity contribution in [3.63, 3.8) is 0 Å². The van der Waals surface area contributed by atoms with E-state index in [9.17, 15) is 9.59 Å². The van der Waals surface area contributed by atoms with E-state index in [2.05, 4.69) is 5.32 Å². The number of aryl methyl sites for hydroxylation is 1. The lowest BCUT2D eigenvalue weighted by atomic mass is 10.1. The minimum absolute atomic E-state index is 0.0200. The Bertz CT molecular complexity index is 694. The number of carboxylic acid groups (broad SMARTS) is 1. The van der Waals surface area contributed by atoms with E-state index in [4.69, 9.17) is 32.7 Å². The van der Waals surface area contributed by atoms with E-state index in [0.29, 0.717) is 5.56 Å². The van der Waals surface area contributed by atoms with E-state index in [0.717, 1.165) is 0 Å². The maximum absolute atomic E-state index is 12.0. The molecule has 2 aromatic rings. The number of hydrogen-bond donors (Lipinski definition) is 2.